The van der Waals surface area contributed by atoms with E-state index < -0.39 is 5.60 Å². The van der Waals surface area contributed by atoms with E-state index in [1.807, 2.05) is 20.8 Å². The number of rotatable bonds is 1. The molecule has 0 atom stereocenters. The first-order valence-corrected chi connectivity index (χ1v) is 5.85. The number of carbonyl (C=O) groups excluding carboxylic acids is 2. The normalized spacial score (nSPS) is 22.7. The standard InChI is InChI=1S/C12H19NO3/c1-12(2,3)16-11(15)13-6-9(7-13)8-4-10(14)5-8/h8-9H,4-7H2,1-3H3. The third-order valence-electron chi connectivity index (χ3n) is 3.21. The van der Waals surface area contributed by atoms with Gasteiger partial charge in [0.1, 0.15) is 11.4 Å². The van der Waals surface area contributed by atoms with Gasteiger partial charge in [-0.2, -0.15) is 0 Å². The van der Waals surface area contributed by atoms with E-state index in [1.165, 1.54) is 0 Å². The number of ether oxygens (including phenoxy) is 1. The molecular weight excluding hydrogens is 206 g/mol. The smallest absolute Gasteiger partial charge is 0.410 e. The lowest BCUT2D eigenvalue weighted by molar-refractivity contribution is -0.130. The van der Waals surface area contributed by atoms with E-state index >= 15 is 0 Å². The lowest BCUT2D eigenvalue weighted by Crippen LogP contribution is -2.55. The van der Waals surface area contributed by atoms with E-state index in [9.17, 15) is 9.59 Å². The van der Waals surface area contributed by atoms with Crippen molar-refractivity contribution in [1.29, 1.82) is 0 Å². The van der Waals surface area contributed by atoms with Crippen molar-refractivity contribution in [3.05, 3.63) is 0 Å². The Kier molecular flexibility index (Phi) is 2.68. The van der Waals surface area contributed by atoms with Crippen LogP contribution in [0, 0.1) is 11.8 Å². The van der Waals surface area contributed by atoms with Gasteiger partial charge in [-0.3, -0.25) is 4.79 Å². The topological polar surface area (TPSA) is 46.6 Å². The summed E-state index contributed by atoms with van der Waals surface area (Å²) in [5.74, 6) is 1.40. The summed E-state index contributed by atoms with van der Waals surface area (Å²) in [6, 6.07) is 0. The molecule has 90 valence electrons. The van der Waals surface area contributed by atoms with Gasteiger partial charge in [0.05, 0.1) is 0 Å². The average molecular weight is 225 g/mol. The minimum atomic E-state index is -0.422. The van der Waals surface area contributed by atoms with E-state index in [1.54, 1.807) is 4.90 Å². The fourth-order valence-corrected chi connectivity index (χ4v) is 2.14. The number of hydrogen-bond acceptors (Lipinski definition) is 3. The highest BCUT2D eigenvalue weighted by atomic mass is 16.6. The molecule has 4 nitrogen and oxygen atoms in total. The number of nitrogens with zero attached hydrogens (tertiary/aromatic N) is 1. The van der Waals surface area contributed by atoms with Crippen LogP contribution in [0.3, 0.4) is 0 Å². The number of amides is 1. The van der Waals surface area contributed by atoms with Gasteiger partial charge in [0, 0.05) is 25.9 Å². The van der Waals surface area contributed by atoms with Crippen molar-refractivity contribution in [1.82, 2.24) is 4.90 Å². The number of likely N-dealkylation sites (tertiary alicyclic amines) is 1. The molecule has 0 bridgehead atoms. The molecule has 0 aromatic carbocycles. The summed E-state index contributed by atoms with van der Waals surface area (Å²) in [5, 5.41) is 0. The summed E-state index contributed by atoms with van der Waals surface area (Å²) in [4.78, 5) is 24.2. The molecule has 0 spiro atoms. The van der Waals surface area contributed by atoms with E-state index in [4.69, 9.17) is 4.74 Å². The fourth-order valence-electron chi connectivity index (χ4n) is 2.14. The van der Waals surface area contributed by atoms with Gasteiger partial charge in [-0.15, -0.1) is 0 Å². The maximum absolute atomic E-state index is 11.6. The molecule has 0 aromatic heterocycles. The summed E-state index contributed by atoms with van der Waals surface area (Å²) in [7, 11) is 0. The van der Waals surface area contributed by atoms with Gasteiger partial charge in [0.25, 0.3) is 0 Å². The lowest BCUT2D eigenvalue weighted by Gasteiger charge is -2.45. The van der Waals surface area contributed by atoms with Crippen LogP contribution in [0.4, 0.5) is 4.79 Å². The molecule has 2 aliphatic rings. The van der Waals surface area contributed by atoms with Crippen LogP contribution >= 0.6 is 0 Å². The van der Waals surface area contributed by atoms with Gasteiger partial charge < -0.3 is 9.64 Å². The van der Waals surface area contributed by atoms with Gasteiger partial charge in [-0.1, -0.05) is 0 Å². The van der Waals surface area contributed by atoms with Crippen LogP contribution in [0.25, 0.3) is 0 Å². The molecule has 1 saturated heterocycles. The maximum Gasteiger partial charge on any atom is 0.410 e. The highest BCUT2D eigenvalue weighted by Gasteiger charge is 2.42. The highest BCUT2D eigenvalue weighted by Crippen LogP contribution is 2.36. The molecule has 1 aliphatic heterocycles. The van der Waals surface area contributed by atoms with Crippen molar-refractivity contribution in [2.75, 3.05) is 13.1 Å². The zero-order valence-electron chi connectivity index (χ0n) is 10.2. The zero-order valence-corrected chi connectivity index (χ0v) is 10.2. The Labute approximate surface area is 95.9 Å². The van der Waals surface area contributed by atoms with E-state index in [0.717, 1.165) is 13.1 Å². The van der Waals surface area contributed by atoms with Crippen molar-refractivity contribution >= 4 is 11.9 Å². The summed E-state index contributed by atoms with van der Waals surface area (Å²) in [5.41, 5.74) is -0.422. The summed E-state index contributed by atoms with van der Waals surface area (Å²) in [6.45, 7) is 7.12. The average Bonchev–Trinajstić information content (AvgIpc) is 1.94. The van der Waals surface area contributed by atoms with Gasteiger partial charge in [0.15, 0.2) is 0 Å². The van der Waals surface area contributed by atoms with Crippen molar-refractivity contribution in [2.45, 2.75) is 39.2 Å². The van der Waals surface area contributed by atoms with Crippen molar-refractivity contribution in [3.63, 3.8) is 0 Å². The minimum Gasteiger partial charge on any atom is -0.444 e. The molecule has 1 amide bonds. The second-order valence-electron chi connectivity index (χ2n) is 5.85. The Morgan fingerprint density at radius 1 is 1.25 bits per heavy atom. The molecule has 4 heteroatoms. The highest BCUT2D eigenvalue weighted by molar-refractivity contribution is 5.84. The third kappa shape index (κ3) is 2.36. The first-order chi connectivity index (χ1) is 7.35. The molecular formula is C12H19NO3. The predicted molar refractivity (Wildman–Crippen MR) is 59.0 cm³/mol. The minimum absolute atomic E-state index is 0.227. The number of Topliss-reactive ketones (excluding diaryl/α,β-unsaturated/α-hetero) is 1. The van der Waals surface area contributed by atoms with Gasteiger partial charge in [0.2, 0.25) is 0 Å². The van der Waals surface area contributed by atoms with Crippen LogP contribution in [-0.2, 0) is 9.53 Å². The Morgan fingerprint density at radius 2 is 1.81 bits per heavy atom. The van der Waals surface area contributed by atoms with E-state index in [0.29, 0.717) is 30.5 Å². The molecule has 0 aromatic rings. The number of ketones is 1. The predicted octanol–water partition coefficient (Wildman–Crippen LogP) is 1.83. The first-order valence-electron chi connectivity index (χ1n) is 5.85. The van der Waals surface area contributed by atoms with Crippen LogP contribution in [0.5, 0.6) is 0 Å². The second-order valence-corrected chi connectivity index (χ2v) is 5.85. The maximum atomic E-state index is 11.6. The SMILES string of the molecule is CC(C)(C)OC(=O)N1CC(C2CC(=O)C2)C1. The summed E-state index contributed by atoms with van der Waals surface area (Å²) >= 11 is 0. The van der Waals surface area contributed by atoms with E-state index in [2.05, 4.69) is 0 Å². The van der Waals surface area contributed by atoms with Crippen LogP contribution < -0.4 is 0 Å². The molecule has 0 radical (unpaired) electrons. The fraction of sp³-hybridized carbons (Fsp3) is 0.833. The van der Waals surface area contributed by atoms with Crippen LogP contribution in [0.15, 0.2) is 0 Å². The third-order valence-corrected chi connectivity index (χ3v) is 3.21. The van der Waals surface area contributed by atoms with Crippen molar-refractivity contribution < 1.29 is 14.3 Å². The molecule has 0 unspecified atom stereocenters. The second kappa shape index (κ2) is 3.75. The lowest BCUT2D eigenvalue weighted by atomic mass is 9.72. The van der Waals surface area contributed by atoms with Crippen LogP contribution in [-0.4, -0.2) is 35.5 Å². The largest absolute Gasteiger partial charge is 0.444 e. The Morgan fingerprint density at radius 3 is 2.25 bits per heavy atom. The summed E-state index contributed by atoms with van der Waals surface area (Å²) < 4.78 is 5.26. The zero-order chi connectivity index (χ0) is 11.9. The molecule has 1 saturated carbocycles. The van der Waals surface area contributed by atoms with Gasteiger partial charge in [-0.05, 0) is 32.6 Å². The summed E-state index contributed by atoms with van der Waals surface area (Å²) in [6.07, 6.45) is 1.20. The first kappa shape index (κ1) is 11.4. The van der Waals surface area contributed by atoms with E-state index in [-0.39, 0.29) is 6.09 Å². The van der Waals surface area contributed by atoms with Crippen LogP contribution in [0.2, 0.25) is 0 Å². The molecule has 2 rings (SSSR count). The molecule has 16 heavy (non-hydrogen) atoms. The Balaban J connectivity index is 1.72. The molecule has 0 N–H and O–H groups in total. The monoisotopic (exact) mass is 225 g/mol. The van der Waals surface area contributed by atoms with Crippen molar-refractivity contribution in [2.24, 2.45) is 11.8 Å². The molecule has 2 fully saturated rings. The Hall–Kier alpha value is -1.06. The van der Waals surface area contributed by atoms with Gasteiger partial charge >= 0.3 is 6.09 Å². The quantitative estimate of drug-likeness (QED) is 0.684. The number of carbonyl (C=O) groups is 2. The Bertz CT molecular complexity index is 305. The van der Waals surface area contributed by atoms with Gasteiger partial charge in [-0.25, -0.2) is 4.79 Å². The van der Waals surface area contributed by atoms with Crippen LogP contribution in [0.1, 0.15) is 33.6 Å². The molecule has 1 aliphatic carbocycles. The van der Waals surface area contributed by atoms with Crippen molar-refractivity contribution in [3.8, 4) is 0 Å². The molecule has 1 heterocycles. The number of hydrogen-bond donors (Lipinski definition) is 0.